The van der Waals surface area contributed by atoms with Gasteiger partial charge in [-0.15, -0.1) is 0 Å². The molecule has 0 aliphatic carbocycles. The highest BCUT2D eigenvalue weighted by molar-refractivity contribution is 5.61. The first-order valence-corrected chi connectivity index (χ1v) is 6.85. The monoisotopic (exact) mass is 315 g/mol. The smallest absolute Gasteiger partial charge is 0.221 e. The van der Waals surface area contributed by atoms with Gasteiger partial charge in [-0.05, 0) is 42.0 Å². The third-order valence-electron chi connectivity index (χ3n) is 3.34. The van der Waals surface area contributed by atoms with Crippen LogP contribution in [0, 0.1) is 17.5 Å². The number of hydrogen-bond donors (Lipinski definition) is 1. The predicted octanol–water partition coefficient (Wildman–Crippen LogP) is 3.73. The molecule has 3 aromatic rings. The van der Waals surface area contributed by atoms with Crippen molar-refractivity contribution in [2.75, 3.05) is 5.73 Å². The van der Waals surface area contributed by atoms with Crippen LogP contribution in [0.1, 0.15) is 11.3 Å². The van der Waals surface area contributed by atoms with Crippen molar-refractivity contribution in [3.8, 4) is 11.3 Å². The number of nitrogens with two attached hydrogens (primary N) is 1. The number of aromatic nitrogens is 2. The number of nitrogen functional groups attached to an aromatic ring is 1. The quantitative estimate of drug-likeness (QED) is 0.801. The molecule has 0 amide bonds. The van der Waals surface area contributed by atoms with E-state index < -0.39 is 11.6 Å². The van der Waals surface area contributed by atoms with Gasteiger partial charge in [-0.3, -0.25) is 0 Å². The van der Waals surface area contributed by atoms with Gasteiger partial charge in [0.05, 0.1) is 5.69 Å². The van der Waals surface area contributed by atoms with Crippen LogP contribution >= 0.6 is 0 Å². The third kappa shape index (κ3) is 3.31. The zero-order valence-electron chi connectivity index (χ0n) is 11.9. The highest BCUT2D eigenvalue weighted by Crippen LogP contribution is 2.24. The lowest BCUT2D eigenvalue weighted by Crippen LogP contribution is -2.06. The second kappa shape index (κ2) is 6.08. The number of benzene rings is 2. The molecule has 0 saturated heterocycles. The van der Waals surface area contributed by atoms with Crippen molar-refractivity contribution in [3.63, 3.8) is 0 Å². The maximum absolute atomic E-state index is 14.7. The molecule has 0 atom stereocenters. The molecule has 1 aromatic heterocycles. The molecule has 0 saturated carbocycles. The molecule has 0 unspecified atom stereocenters. The van der Waals surface area contributed by atoms with Gasteiger partial charge in [0.1, 0.15) is 17.3 Å². The van der Waals surface area contributed by atoms with Crippen molar-refractivity contribution in [1.82, 2.24) is 9.97 Å². The normalized spacial score (nSPS) is 10.7. The van der Waals surface area contributed by atoms with E-state index in [1.165, 1.54) is 36.4 Å². The van der Waals surface area contributed by atoms with E-state index >= 15 is 0 Å². The minimum absolute atomic E-state index is 0.00890. The zero-order chi connectivity index (χ0) is 16.4. The first kappa shape index (κ1) is 15.0. The van der Waals surface area contributed by atoms with E-state index in [4.69, 9.17) is 5.73 Å². The fourth-order valence-corrected chi connectivity index (χ4v) is 2.22. The Bertz CT molecular complexity index is 831. The second-order valence-electron chi connectivity index (χ2n) is 5.00. The van der Waals surface area contributed by atoms with Crippen LogP contribution in [-0.4, -0.2) is 9.97 Å². The third-order valence-corrected chi connectivity index (χ3v) is 3.34. The van der Waals surface area contributed by atoms with Gasteiger partial charge in [-0.1, -0.05) is 12.1 Å². The molecular formula is C17H12F3N3. The van der Waals surface area contributed by atoms with Gasteiger partial charge in [0.2, 0.25) is 5.95 Å². The predicted molar refractivity (Wildman–Crippen MR) is 81.0 cm³/mol. The molecule has 0 radical (unpaired) electrons. The average Bonchev–Trinajstić information content (AvgIpc) is 2.53. The molecule has 0 fully saturated rings. The van der Waals surface area contributed by atoms with Crippen LogP contribution in [-0.2, 0) is 6.42 Å². The molecule has 1 heterocycles. The van der Waals surface area contributed by atoms with E-state index in [0.29, 0.717) is 11.1 Å². The van der Waals surface area contributed by atoms with Gasteiger partial charge >= 0.3 is 0 Å². The second-order valence-corrected chi connectivity index (χ2v) is 5.00. The summed E-state index contributed by atoms with van der Waals surface area (Å²) in [7, 11) is 0. The molecule has 2 N–H and O–H groups in total. The molecule has 0 aliphatic rings. The highest BCUT2D eigenvalue weighted by atomic mass is 19.1. The Hall–Kier alpha value is -2.89. The molecule has 116 valence electrons. The van der Waals surface area contributed by atoms with Crippen LogP contribution in [0.15, 0.2) is 48.5 Å². The maximum Gasteiger partial charge on any atom is 0.221 e. The van der Waals surface area contributed by atoms with Gasteiger partial charge in [0.15, 0.2) is 5.82 Å². The summed E-state index contributed by atoms with van der Waals surface area (Å²) >= 11 is 0. The molecule has 2 aromatic carbocycles. The van der Waals surface area contributed by atoms with Crippen molar-refractivity contribution in [1.29, 1.82) is 0 Å². The number of hydrogen-bond acceptors (Lipinski definition) is 3. The molecule has 23 heavy (non-hydrogen) atoms. The topological polar surface area (TPSA) is 51.8 Å². The van der Waals surface area contributed by atoms with Crippen molar-refractivity contribution in [2.24, 2.45) is 0 Å². The zero-order valence-corrected chi connectivity index (χ0v) is 11.9. The molecule has 0 bridgehead atoms. The van der Waals surface area contributed by atoms with Gasteiger partial charge < -0.3 is 5.73 Å². The Morgan fingerprint density at radius 1 is 0.783 bits per heavy atom. The standard InChI is InChI=1S/C17H12F3N3/c18-12-5-1-10(2-6-12)9-14-15(20)16(23-17(21)22-14)11-3-7-13(19)8-4-11/h1-8H,9H2,(H2,21,22,23). The SMILES string of the molecule is Nc1nc(Cc2ccc(F)cc2)c(F)c(-c2ccc(F)cc2)n1. The summed E-state index contributed by atoms with van der Waals surface area (Å²) in [5.74, 6) is -1.51. The van der Waals surface area contributed by atoms with Gasteiger partial charge in [-0.2, -0.15) is 0 Å². The number of rotatable bonds is 3. The Morgan fingerprint density at radius 3 is 1.96 bits per heavy atom. The summed E-state index contributed by atoms with van der Waals surface area (Å²) in [5, 5.41) is 0. The van der Waals surface area contributed by atoms with Crippen LogP contribution < -0.4 is 5.73 Å². The van der Waals surface area contributed by atoms with Crippen LogP contribution in [0.4, 0.5) is 19.1 Å². The van der Waals surface area contributed by atoms with E-state index in [1.54, 1.807) is 12.1 Å². The van der Waals surface area contributed by atoms with E-state index in [0.717, 1.165) is 0 Å². The lowest BCUT2D eigenvalue weighted by molar-refractivity contribution is 0.600. The molecule has 3 rings (SSSR count). The van der Waals surface area contributed by atoms with Crippen molar-refractivity contribution >= 4 is 5.95 Å². The van der Waals surface area contributed by atoms with Crippen LogP contribution in [0.25, 0.3) is 11.3 Å². The Kier molecular flexibility index (Phi) is 3.97. The van der Waals surface area contributed by atoms with E-state index in [-0.39, 0.29) is 29.6 Å². The summed E-state index contributed by atoms with van der Waals surface area (Å²) in [6.45, 7) is 0. The van der Waals surface area contributed by atoms with Gasteiger partial charge in [0.25, 0.3) is 0 Å². The largest absolute Gasteiger partial charge is 0.368 e. The molecule has 3 nitrogen and oxygen atoms in total. The number of anilines is 1. The Balaban J connectivity index is 2.01. The Labute approximate surface area is 130 Å². The minimum atomic E-state index is -0.630. The minimum Gasteiger partial charge on any atom is -0.368 e. The van der Waals surface area contributed by atoms with Crippen LogP contribution in [0.2, 0.25) is 0 Å². The van der Waals surface area contributed by atoms with Crippen molar-refractivity contribution in [3.05, 3.63) is 77.2 Å². The lowest BCUT2D eigenvalue weighted by Gasteiger charge is -2.09. The molecule has 6 heteroatoms. The summed E-state index contributed by atoms with van der Waals surface area (Å²) in [6.07, 6.45) is 0.146. The van der Waals surface area contributed by atoms with Crippen LogP contribution in [0.5, 0.6) is 0 Å². The molecule has 0 spiro atoms. The average molecular weight is 315 g/mol. The summed E-state index contributed by atoms with van der Waals surface area (Å²) in [4.78, 5) is 7.82. The Morgan fingerprint density at radius 2 is 1.35 bits per heavy atom. The summed E-state index contributed by atoms with van der Waals surface area (Å²) in [6, 6.07) is 10.9. The fourth-order valence-electron chi connectivity index (χ4n) is 2.22. The van der Waals surface area contributed by atoms with E-state index in [1.807, 2.05) is 0 Å². The van der Waals surface area contributed by atoms with Crippen LogP contribution in [0.3, 0.4) is 0 Å². The van der Waals surface area contributed by atoms with Gasteiger partial charge in [-0.25, -0.2) is 23.1 Å². The first-order valence-electron chi connectivity index (χ1n) is 6.85. The fraction of sp³-hybridized carbons (Fsp3) is 0.0588. The lowest BCUT2D eigenvalue weighted by atomic mass is 10.1. The van der Waals surface area contributed by atoms with E-state index in [2.05, 4.69) is 9.97 Å². The van der Waals surface area contributed by atoms with Crippen molar-refractivity contribution in [2.45, 2.75) is 6.42 Å². The number of halogens is 3. The first-order chi connectivity index (χ1) is 11.0. The maximum atomic E-state index is 14.7. The van der Waals surface area contributed by atoms with Crippen molar-refractivity contribution < 1.29 is 13.2 Å². The molecular weight excluding hydrogens is 303 g/mol. The molecule has 0 aliphatic heterocycles. The highest BCUT2D eigenvalue weighted by Gasteiger charge is 2.15. The summed E-state index contributed by atoms with van der Waals surface area (Å²) in [5.41, 5.74) is 6.85. The van der Waals surface area contributed by atoms with E-state index in [9.17, 15) is 13.2 Å². The summed E-state index contributed by atoms with van der Waals surface area (Å²) < 4.78 is 40.6. The number of nitrogens with zero attached hydrogens (tertiary/aromatic N) is 2. The van der Waals surface area contributed by atoms with Gasteiger partial charge in [0, 0.05) is 12.0 Å².